The van der Waals surface area contributed by atoms with Crippen molar-refractivity contribution in [2.45, 2.75) is 25.3 Å². The monoisotopic (exact) mass is 314 g/mol. The Bertz CT molecular complexity index is 314. The van der Waals surface area contributed by atoms with Crippen LogP contribution in [0.15, 0.2) is 0 Å². The van der Waals surface area contributed by atoms with Gasteiger partial charge in [0.05, 0.1) is 6.61 Å². The zero-order valence-corrected chi connectivity index (χ0v) is 12.5. The second-order valence-electron chi connectivity index (χ2n) is 5.00. The lowest BCUT2D eigenvalue weighted by molar-refractivity contribution is -0.173. The predicted molar refractivity (Wildman–Crippen MR) is 72.9 cm³/mol. The van der Waals surface area contributed by atoms with Gasteiger partial charge in [-0.15, -0.1) is 0 Å². The lowest BCUT2D eigenvalue weighted by Crippen LogP contribution is -2.48. The van der Waals surface area contributed by atoms with Gasteiger partial charge < -0.3 is 15.0 Å². The van der Waals surface area contributed by atoms with E-state index in [1.807, 2.05) is 11.8 Å². The van der Waals surface area contributed by atoms with Gasteiger partial charge in [0.2, 0.25) is 0 Å². The molecular formula is C12H21F3N2O2S. The third-order valence-corrected chi connectivity index (χ3v) is 4.45. The molecule has 1 aliphatic rings. The van der Waals surface area contributed by atoms with Crippen LogP contribution in [0.2, 0.25) is 0 Å². The fraction of sp³-hybridized carbons (Fsp3) is 0.917. The largest absolute Gasteiger partial charge is 0.411 e. The van der Waals surface area contributed by atoms with Crippen LogP contribution in [0, 0.1) is 5.92 Å². The van der Waals surface area contributed by atoms with Crippen molar-refractivity contribution in [1.29, 1.82) is 0 Å². The van der Waals surface area contributed by atoms with Gasteiger partial charge in [-0.25, -0.2) is 4.79 Å². The highest BCUT2D eigenvalue weighted by Gasteiger charge is 2.28. The van der Waals surface area contributed by atoms with Gasteiger partial charge in [0.15, 0.2) is 0 Å². The summed E-state index contributed by atoms with van der Waals surface area (Å²) in [7, 11) is 0. The van der Waals surface area contributed by atoms with E-state index >= 15 is 0 Å². The molecule has 0 aromatic rings. The normalized spacial score (nSPS) is 20.3. The van der Waals surface area contributed by atoms with Crippen LogP contribution in [-0.4, -0.2) is 61.0 Å². The van der Waals surface area contributed by atoms with Crippen molar-refractivity contribution in [1.82, 2.24) is 10.2 Å². The third kappa shape index (κ3) is 6.69. The maximum absolute atomic E-state index is 11.9. The smallest absolute Gasteiger partial charge is 0.370 e. The van der Waals surface area contributed by atoms with E-state index in [4.69, 9.17) is 0 Å². The Morgan fingerprint density at radius 3 is 2.80 bits per heavy atom. The molecule has 2 amide bonds. The first-order chi connectivity index (χ1) is 9.29. The molecule has 0 aromatic carbocycles. The molecule has 4 nitrogen and oxygen atoms in total. The van der Waals surface area contributed by atoms with Gasteiger partial charge in [-0.05, 0) is 5.92 Å². The summed E-state index contributed by atoms with van der Waals surface area (Å²) in [6, 6.07) is -0.230. The Morgan fingerprint density at radius 1 is 1.50 bits per heavy atom. The summed E-state index contributed by atoms with van der Waals surface area (Å²) in [6.45, 7) is 4.25. The molecule has 1 aliphatic heterocycles. The minimum absolute atomic E-state index is 0.0882. The zero-order valence-electron chi connectivity index (χ0n) is 11.7. The SMILES string of the molecule is CC(C)[C@@H]1CN(C(=O)NCCOCC(F)(F)F)CCS1. The number of carbonyl (C=O) groups excluding carboxylic acids is 1. The van der Waals surface area contributed by atoms with Crippen molar-refractivity contribution in [2.24, 2.45) is 5.92 Å². The van der Waals surface area contributed by atoms with Gasteiger partial charge in [-0.1, -0.05) is 13.8 Å². The number of nitrogens with one attached hydrogen (secondary N) is 1. The highest BCUT2D eigenvalue weighted by Crippen LogP contribution is 2.24. The molecule has 20 heavy (non-hydrogen) atoms. The molecule has 0 bridgehead atoms. The fourth-order valence-electron chi connectivity index (χ4n) is 1.79. The number of carbonyl (C=O) groups is 1. The molecule has 0 spiro atoms. The van der Waals surface area contributed by atoms with Crippen LogP contribution in [-0.2, 0) is 4.74 Å². The maximum Gasteiger partial charge on any atom is 0.411 e. The highest BCUT2D eigenvalue weighted by atomic mass is 32.2. The van der Waals surface area contributed by atoms with Crippen LogP contribution in [0.5, 0.6) is 0 Å². The van der Waals surface area contributed by atoms with Crippen LogP contribution in [0.1, 0.15) is 13.8 Å². The summed E-state index contributed by atoms with van der Waals surface area (Å²) >= 11 is 1.86. The second kappa shape index (κ2) is 7.97. The van der Waals surface area contributed by atoms with E-state index in [0.717, 1.165) is 5.75 Å². The molecule has 1 atom stereocenters. The second-order valence-corrected chi connectivity index (χ2v) is 6.35. The van der Waals surface area contributed by atoms with Gasteiger partial charge in [0, 0.05) is 30.6 Å². The van der Waals surface area contributed by atoms with E-state index in [-0.39, 0.29) is 19.2 Å². The highest BCUT2D eigenvalue weighted by molar-refractivity contribution is 8.00. The Balaban J connectivity index is 2.19. The summed E-state index contributed by atoms with van der Waals surface area (Å²) in [5, 5.41) is 3.00. The number of ether oxygens (including phenoxy) is 1. The standard InChI is InChI=1S/C12H21F3N2O2S/c1-9(2)10-7-17(4-6-20-10)11(18)16-3-5-19-8-12(13,14)15/h9-10H,3-8H2,1-2H3,(H,16,18)/t10-/m0/s1. The summed E-state index contributed by atoms with van der Waals surface area (Å²) in [6.07, 6.45) is -4.32. The van der Waals surface area contributed by atoms with Crippen molar-refractivity contribution in [3.8, 4) is 0 Å². The number of thioether (sulfide) groups is 1. The molecule has 1 fully saturated rings. The molecule has 1 N–H and O–H groups in total. The van der Waals surface area contributed by atoms with Crippen LogP contribution in [0.25, 0.3) is 0 Å². The summed E-state index contributed by atoms with van der Waals surface area (Å²) in [5.74, 6) is 1.38. The van der Waals surface area contributed by atoms with E-state index in [1.54, 1.807) is 4.90 Å². The Morgan fingerprint density at radius 2 is 2.20 bits per heavy atom. The average Bonchev–Trinajstić information content (AvgIpc) is 2.37. The Hall–Kier alpha value is -0.630. The number of halogens is 3. The molecule has 1 rings (SSSR count). The molecule has 0 aromatic heterocycles. The van der Waals surface area contributed by atoms with Crippen LogP contribution >= 0.6 is 11.8 Å². The van der Waals surface area contributed by atoms with Crippen LogP contribution in [0.4, 0.5) is 18.0 Å². The van der Waals surface area contributed by atoms with Gasteiger partial charge in [-0.3, -0.25) is 0 Å². The van der Waals surface area contributed by atoms with Gasteiger partial charge in [-0.2, -0.15) is 24.9 Å². The number of urea groups is 1. The summed E-state index contributed by atoms with van der Waals surface area (Å²) in [5.41, 5.74) is 0. The number of hydrogen-bond acceptors (Lipinski definition) is 3. The molecule has 118 valence electrons. The molecule has 8 heteroatoms. The van der Waals surface area contributed by atoms with E-state index in [9.17, 15) is 18.0 Å². The number of amides is 2. The first-order valence-electron chi connectivity index (χ1n) is 6.58. The number of nitrogens with zero attached hydrogens (tertiary/aromatic N) is 1. The quantitative estimate of drug-likeness (QED) is 0.792. The number of alkyl halides is 3. The number of rotatable bonds is 5. The van der Waals surface area contributed by atoms with Crippen molar-refractivity contribution in [3.63, 3.8) is 0 Å². The van der Waals surface area contributed by atoms with Crippen LogP contribution in [0.3, 0.4) is 0 Å². The van der Waals surface area contributed by atoms with Gasteiger partial charge in [0.25, 0.3) is 0 Å². The van der Waals surface area contributed by atoms with Crippen LogP contribution < -0.4 is 5.32 Å². The molecule has 1 heterocycles. The maximum atomic E-state index is 11.9. The lowest BCUT2D eigenvalue weighted by atomic mass is 10.1. The zero-order chi connectivity index (χ0) is 15.2. The van der Waals surface area contributed by atoms with Crippen molar-refractivity contribution >= 4 is 17.8 Å². The van der Waals surface area contributed by atoms with Gasteiger partial charge in [0.1, 0.15) is 6.61 Å². The summed E-state index contributed by atoms with van der Waals surface area (Å²) in [4.78, 5) is 13.6. The molecule has 0 unspecified atom stereocenters. The van der Waals surface area contributed by atoms with E-state index in [2.05, 4.69) is 23.9 Å². The fourth-order valence-corrected chi connectivity index (χ4v) is 3.09. The predicted octanol–water partition coefficient (Wildman–Crippen LogP) is 2.35. The molecule has 0 aliphatic carbocycles. The van der Waals surface area contributed by atoms with Crippen molar-refractivity contribution in [3.05, 3.63) is 0 Å². The summed E-state index contributed by atoms with van der Waals surface area (Å²) < 4.78 is 39.9. The lowest BCUT2D eigenvalue weighted by Gasteiger charge is -2.34. The molecule has 1 saturated heterocycles. The number of hydrogen-bond donors (Lipinski definition) is 1. The minimum Gasteiger partial charge on any atom is -0.370 e. The third-order valence-electron chi connectivity index (χ3n) is 2.91. The van der Waals surface area contributed by atoms with Crippen molar-refractivity contribution in [2.75, 3.05) is 38.6 Å². The first kappa shape index (κ1) is 17.4. The topological polar surface area (TPSA) is 41.6 Å². The molecular weight excluding hydrogens is 293 g/mol. The average molecular weight is 314 g/mol. The molecule has 0 radical (unpaired) electrons. The Labute approximate surface area is 121 Å². The van der Waals surface area contributed by atoms with E-state index in [1.165, 1.54) is 0 Å². The molecule has 0 saturated carbocycles. The minimum atomic E-state index is -4.32. The Kier molecular flexibility index (Phi) is 6.94. The van der Waals surface area contributed by atoms with E-state index < -0.39 is 12.8 Å². The van der Waals surface area contributed by atoms with Crippen molar-refractivity contribution < 1.29 is 22.7 Å². The first-order valence-corrected chi connectivity index (χ1v) is 7.63. The van der Waals surface area contributed by atoms with Gasteiger partial charge >= 0.3 is 12.2 Å². The van der Waals surface area contributed by atoms with E-state index in [0.29, 0.717) is 24.3 Å².